The first-order chi connectivity index (χ1) is 11.6. The minimum atomic E-state index is -0.0164. The van der Waals surface area contributed by atoms with Gasteiger partial charge in [-0.05, 0) is 45.7 Å². The van der Waals surface area contributed by atoms with Crippen LogP contribution >= 0.6 is 0 Å². The van der Waals surface area contributed by atoms with Gasteiger partial charge in [-0.1, -0.05) is 6.07 Å². The van der Waals surface area contributed by atoms with Crippen molar-refractivity contribution in [1.29, 1.82) is 0 Å². The van der Waals surface area contributed by atoms with Gasteiger partial charge < -0.3 is 19.3 Å². The number of hydrogen-bond donors (Lipinski definition) is 0. The summed E-state index contributed by atoms with van der Waals surface area (Å²) in [7, 11) is 7.34. The number of rotatable bonds is 7. The quantitative estimate of drug-likeness (QED) is 0.754. The van der Waals surface area contributed by atoms with Crippen LogP contribution in [0.1, 0.15) is 16.8 Å². The van der Waals surface area contributed by atoms with E-state index in [4.69, 9.17) is 9.47 Å². The van der Waals surface area contributed by atoms with Gasteiger partial charge in [0.1, 0.15) is 17.1 Å². The summed E-state index contributed by atoms with van der Waals surface area (Å²) in [6.07, 6.45) is 1.15. The Morgan fingerprint density at radius 1 is 1.08 bits per heavy atom. The zero-order chi connectivity index (χ0) is 17.5. The lowest BCUT2D eigenvalue weighted by Gasteiger charge is -2.35. The predicted molar refractivity (Wildman–Crippen MR) is 95.1 cm³/mol. The molecule has 1 amide bonds. The summed E-state index contributed by atoms with van der Waals surface area (Å²) in [5, 5.41) is 0. The Kier molecular flexibility index (Phi) is 6.87. The molecule has 6 heteroatoms. The SMILES string of the molecule is COc1cccc(OC)c1C(=O)N1CCN(CCCN(C)C)CC1. The monoisotopic (exact) mass is 335 g/mol. The maximum Gasteiger partial charge on any atom is 0.261 e. The van der Waals surface area contributed by atoms with Crippen LogP contribution in [0.5, 0.6) is 11.5 Å². The lowest BCUT2D eigenvalue weighted by molar-refractivity contribution is 0.0627. The molecular formula is C18H29N3O3. The van der Waals surface area contributed by atoms with Gasteiger partial charge in [-0.3, -0.25) is 9.69 Å². The van der Waals surface area contributed by atoms with Gasteiger partial charge in [0.15, 0.2) is 0 Å². The van der Waals surface area contributed by atoms with Gasteiger partial charge in [-0.15, -0.1) is 0 Å². The second-order valence-electron chi connectivity index (χ2n) is 6.33. The van der Waals surface area contributed by atoms with E-state index in [2.05, 4.69) is 23.9 Å². The molecule has 0 spiro atoms. The molecule has 1 saturated heterocycles. The normalized spacial score (nSPS) is 15.6. The first-order valence-electron chi connectivity index (χ1n) is 8.44. The number of benzene rings is 1. The summed E-state index contributed by atoms with van der Waals surface area (Å²) in [4.78, 5) is 19.4. The van der Waals surface area contributed by atoms with Crippen LogP contribution in [0.25, 0.3) is 0 Å². The Labute approximate surface area is 144 Å². The topological polar surface area (TPSA) is 45.3 Å². The van der Waals surface area contributed by atoms with Crippen molar-refractivity contribution in [2.75, 3.05) is 67.6 Å². The number of piperazine rings is 1. The summed E-state index contributed by atoms with van der Waals surface area (Å²) < 4.78 is 10.7. The van der Waals surface area contributed by atoms with Crippen molar-refractivity contribution >= 4 is 5.91 Å². The molecule has 1 aromatic rings. The van der Waals surface area contributed by atoms with Gasteiger partial charge in [0.2, 0.25) is 0 Å². The van der Waals surface area contributed by atoms with Crippen LogP contribution in [0.4, 0.5) is 0 Å². The van der Waals surface area contributed by atoms with E-state index in [1.807, 2.05) is 11.0 Å². The fourth-order valence-electron chi connectivity index (χ4n) is 3.01. The van der Waals surface area contributed by atoms with E-state index in [1.165, 1.54) is 0 Å². The van der Waals surface area contributed by atoms with Gasteiger partial charge in [-0.2, -0.15) is 0 Å². The van der Waals surface area contributed by atoms with E-state index in [-0.39, 0.29) is 5.91 Å². The molecule has 134 valence electrons. The lowest BCUT2D eigenvalue weighted by Crippen LogP contribution is -2.49. The van der Waals surface area contributed by atoms with Crippen LogP contribution in [0, 0.1) is 0 Å². The van der Waals surface area contributed by atoms with Crippen LogP contribution in [0.3, 0.4) is 0 Å². The predicted octanol–water partition coefficient (Wildman–Crippen LogP) is 1.41. The number of ether oxygens (including phenoxy) is 2. The molecule has 0 atom stereocenters. The van der Waals surface area contributed by atoms with Crippen LogP contribution in [-0.2, 0) is 0 Å². The molecule has 1 heterocycles. The van der Waals surface area contributed by atoms with Gasteiger partial charge in [-0.25, -0.2) is 0 Å². The van der Waals surface area contributed by atoms with Crippen molar-refractivity contribution in [2.24, 2.45) is 0 Å². The van der Waals surface area contributed by atoms with Gasteiger partial charge >= 0.3 is 0 Å². The van der Waals surface area contributed by atoms with Crippen molar-refractivity contribution in [2.45, 2.75) is 6.42 Å². The van der Waals surface area contributed by atoms with E-state index in [0.717, 1.165) is 45.7 Å². The number of methoxy groups -OCH3 is 2. The minimum Gasteiger partial charge on any atom is -0.496 e. The molecule has 2 rings (SSSR count). The van der Waals surface area contributed by atoms with E-state index < -0.39 is 0 Å². The zero-order valence-electron chi connectivity index (χ0n) is 15.2. The van der Waals surface area contributed by atoms with Crippen LogP contribution in [-0.4, -0.2) is 88.2 Å². The average Bonchev–Trinajstić information content (AvgIpc) is 2.60. The second kappa shape index (κ2) is 8.89. The van der Waals surface area contributed by atoms with Gasteiger partial charge in [0.05, 0.1) is 14.2 Å². The standard InChI is InChI=1S/C18H29N3O3/c1-19(2)9-6-10-20-11-13-21(14-12-20)18(22)17-15(23-3)7-5-8-16(17)24-4/h5,7-8H,6,9-14H2,1-4H3. The maximum atomic E-state index is 12.9. The summed E-state index contributed by atoms with van der Waals surface area (Å²) in [5.74, 6) is 1.11. The van der Waals surface area contributed by atoms with E-state index in [0.29, 0.717) is 17.1 Å². The van der Waals surface area contributed by atoms with Crippen molar-refractivity contribution in [3.8, 4) is 11.5 Å². The van der Waals surface area contributed by atoms with Gasteiger partial charge in [0.25, 0.3) is 5.91 Å². The highest BCUT2D eigenvalue weighted by Gasteiger charge is 2.26. The first-order valence-corrected chi connectivity index (χ1v) is 8.44. The fourth-order valence-corrected chi connectivity index (χ4v) is 3.01. The molecule has 1 fully saturated rings. The molecule has 0 saturated carbocycles. The van der Waals surface area contributed by atoms with E-state index in [9.17, 15) is 4.79 Å². The Morgan fingerprint density at radius 3 is 2.17 bits per heavy atom. The van der Waals surface area contributed by atoms with Crippen LogP contribution < -0.4 is 9.47 Å². The Hall–Kier alpha value is -1.79. The number of carbonyl (C=O) groups is 1. The van der Waals surface area contributed by atoms with E-state index >= 15 is 0 Å². The third-order valence-electron chi connectivity index (χ3n) is 4.38. The molecule has 0 unspecified atom stereocenters. The summed E-state index contributed by atoms with van der Waals surface area (Å²) in [6.45, 7) is 5.48. The second-order valence-corrected chi connectivity index (χ2v) is 6.33. The number of carbonyl (C=O) groups excluding carboxylic acids is 1. The highest BCUT2D eigenvalue weighted by Crippen LogP contribution is 2.29. The molecule has 0 N–H and O–H groups in total. The fraction of sp³-hybridized carbons (Fsp3) is 0.611. The highest BCUT2D eigenvalue weighted by atomic mass is 16.5. The number of nitrogens with zero attached hydrogens (tertiary/aromatic N) is 3. The number of hydrogen-bond acceptors (Lipinski definition) is 5. The maximum absolute atomic E-state index is 12.9. The molecule has 1 aliphatic rings. The molecule has 6 nitrogen and oxygen atoms in total. The molecular weight excluding hydrogens is 306 g/mol. The Morgan fingerprint density at radius 2 is 1.67 bits per heavy atom. The third kappa shape index (κ3) is 4.61. The molecule has 0 aromatic heterocycles. The lowest BCUT2D eigenvalue weighted by atomic mass is 10.1. The highest BCUT2D eigenvalue weighted by molar-refractivity contribution is 5.99. The van der Waals surface area contributed by atoms with Crippen LogP contribution in [0.15, 0.2) is 18.2 Å². The Bertz CT molecular complexity index is 518. The van der Waals surface area contributed by atoms with Crippen molar-refractivity contribution < 1.29 is 14.3 Å². The molecule has 0 bridgehead atoms. The third-order valence-corrected chi connectivity index (χ3v) is 4.38. The average molecular weight is 335 g/mol. The largest absolute Gasteiger partial charge is 0.496 e. The van der Waals surface area contributed by atoms with Crippen molar-refractivity contribution in [3.05, 3.63) is 23.8 Å². The molecule has 0 radical (unpaired) electrons. The first kappa shape index (κ1) is 18.5. The summed E-state index contributed by atoms with van der Waals surface area (Å²) >= 11 is 0. The van der Waals surface area contributed by atoms with Crippen molar-refractivity contribution in [1.82, 2.24) is 14.7 Å². The van der Waals surface area contributed by atoms with Crippen LogP contribution in [0.2, 0.25) is 0 Å². The summed E-state index contributed by atoms with van der Waals surface area (Å²) in [6, 6.07) is 5.43. The molecule has 1 aromatic carbocycles. The molecule has 24 heavy (non-hydrogen) atoms. The summed E-state index contributed by atoms with van der Waals surface area (Å²) in [5.41, 5.74) is 0.517. The zero-order valence-corrected chi connectivity index (χ0v) is 15.2. The number of amides is 1. The Balaban J connectivity index is 1.96. The van der Waals surface area contributed by atoms with E-state index in [1.54, 1.807) is 26.4 Å². The molecule has 1 aliphatic heterocycles. The van der Waals surface area contributed by atoms with Crippen molar-refractivity contribution in [3.63, 3.8) is 0 Å². The smallest absolute Gasteiger partial charge is 0.261 e. The molecule has 0 aliphatic carbocycles. The van der Waals surface area contributed by atoms with Gasteiger partial charge in [0, 0.05) is 26.2 Å². The minimum absolute atomic E-state index is 0.0164.